The SMILES string of the molecule is C.CO[C@@H]1[C@H](O)[C@@H](CO)OC[C@H]1C.C[C@@H]1CO[C@H](CO)[C@@H](O)C1.C[C@@H]1CO[C@H](CO)[C@@H](O)[C@H]1F. The first kappa shape index (κ1) is 33.5. The zero-order valence-electron chi connectivity index (χ0n) is 20.0. The Morgan fingerprint density at radius 3 is 1.71 bits per heavy atom. The number of ether oxygens (including phenoxy) is 4. The highest BCUT2D eigenvalue weighted by atomic mass is 19.1. The topological polar surface area (TPSA) is 158 Å². The van der Waals surface area contributed by atoms with Crippen molar-refractivity contribution in [2.75, 3.05) is 46.8 Å². The minimum absolute atomic E-state index is 0. The summed E-state index contributed by atoms with van der Waals surface area (Å²) in [4.78, 5) is 0. The molecule has 3 fully saturated rings. The lowest BCUT2D eigenvalue weighted by Gasteiger charge is -2.37. The van der Waals surface area contributed by atoms with Crippen molar-refractivity contribution < 1.29 is 54.0 Å². The van der Waals surface area contributed by atoms with Crippen LogP contribution in [0.2, 0.25) is 0 Å². The molecule has 206 valence electrons. The van der Waals surface area contributed by atoms with Crippen LogP contribution in [0.4, 0.5) is 4.39 Å². The van der Waals surface area contributed by atoms with Gasteiger partial charge in [0, 0.05) is 25.6 Å². The van der Waals surface area contributed by atoms with Crippen molar-refractivity contribution in [1.82, 2.24) is 0 Å². The molecule has 0 bridgehead atoms. The number of aliphatic hydroxyl groups excluding tert-OH is 6. The van der Waals surface area contributed by atoms with Crippen molar-refractivity contribution in [1.29, 1.82) is 0 Å². The lowest BCUT2D eigenvalue weighted by atomic mass is 9.94. The van der Waals surface area contributed by atoms with Gasteiger partial charge in [-0.25, -0.2) is 4.39 Å². The fourth-order valence-electron chi connectivity index (χ4n) is 3.92. The molecule has 3 aliphatic rings. The molecule has 0 aromatic rings. The first-order chi connectivity index (χ1) is 15.6. The fourth-order valence-corrected chi connectivity index (χ4v) is 3.92. The highest BCUT2D eigenvalue weighted by molar-refractivity contribution is 4.86. The largest absolute Gasteiger partial charge is 0.394 e. The van der Waals surface area contributed by atoms with Gasteiger partial charge in [0.05, 0.1) is 45.2 Å². The van der Waals surface area contributed by atoms with Crippen LogP contribution < -0.4 is 0 Å². The summed E-state index contributed by atoms with van der Waals surface area (Å²) in [5.74, 6) is 0.304. The molecule has 0 spiro atoms. The minimum atomic E-state index is -1.28. The number of hydrogen-bond donors (Lipinski definition) is 6. The van der Waals surface area contributed by atoms with Gasteiger partial charge in [-0.1, -0.05) is 28.2 Å². The maximum Gasteiger partial charge on any atom is 0.133 e. The summed E-state index contributed by atoms with van der Waals surface area (Å²) in [5, 5.41) is 54.1. The molecular formula is C23H47FO10. The molecule has 0 unspecified atom stereocenters. The van der Waals surface area contributed by atoms with Gasteiger partial charge in [0.15, 0.2) is 0 Å². The van der Waals surface area contributed by atoms with Crippen LogP contribution >= 0.6 is 0 Å². The van der Waals surface area contributed by atoms with E-state index in [1.165, 1.54) is 0 Å². The second kappa shape index (κ2) is 17.1. The number of halogens is 1. The average molecular weight is 503 g/mol. The molecule has 0 aromatic carbocycles. The van der Waals surface area contributed by atoms with Crippen LogP contribution in [0, 0.1) is 17.8 Å². The highest BCUT2D eigenvalue weighted by Gasteiger charge is 2.37. The maximum atomic E-state index is 13.0. The van der Waals surface area contributed by atoms with E-state index >= 15 is 0 Å². The molecule has 3 saturated heterocycles. The van der Waals surface area contributed by atoms with Crippen molar-refractivity contribution >= 4 is 0 Å². The lowest BCUT2D eigenvalue weighted by Crippen LogP contribution is -2.51. The number of aliphatic hydroxyl groups is 6. The van der Waals surface area contributed by atoms with E-state index in [1.54, 1.807) is 14.0 Å². The molecule has 11 atom stereocenters. The Morgan fingerprint density at radius 1 is 0.765 bits per heavy atom. The van der Waals surface area contributed by atoms with Gasteiger partial charge in [0.2, 0.25) is 0 Å². The lowest BCUT2D eigenvalue weighted by molar-refractivity contribution is -0.179. The number of alkyl halides is 1. The normalized spacial score (nSPS) is 42.3. The van der Waals surface area contributed by atoms with Crippen molar-refractivity contribution in [3.63, 3.8) is 0 Å². The van der Waals surface area contributed by atoms with E-state index in [0.29, 0.717) is 19.1 Å². The van der Waals surface area contributed by atoms with Gasteiger partial charge in [-0.05, 0) is 12.3 Å². The maximum absolute atomic E-state index is 13.0. The summed E-state index contributed by atoms with van der Waals surface area (Å²) in [6.07, 6.45) is -4.73. The first-order valence-corrected chi connectivity index (χ1v) is 11.5. The minimum Gasteiger partial charge on any atom is -0.394 e. The summed E-state index contributed by atoms with van der Waals surface area (Å²) in [6, 6.07) is 0. The third kappa shape index (κ3) is 9.88. The van der Waals surface area contributed by atoms with Gasteiger partial charge in [-0.15, -0.1) is 0 Å². The summed E-state index contributed by atoms with van der Waals surface area (Å²) in [6.45, 7) is 6.53. The van der Waals surface area contributed by atoms with Crippen LogP contribution in [-0.4, -0.2) is 126 Å². The van der Waals surface area contributed by atoms with E-state index in [9.17, 15) is 14.6 Å². The van der Waals surface area contributed by atoms with Gasteiger partial charge in [0.25, 0.3) is 0 Å². The van der Waals surface area contributed by atoms with E-state index in [4.69, 9.17) is 39.4 Å². The quantitative estimate of drug-likeness (QED) is 0.296. The van der Waals surface area contributed by atoms with E-state index in [0.717, 1.165) is 6.42 Å². The molecule has 0 saturated carbocycles. The number of hydrogen-bond acceptors (Lipinski definition) is 10. The molecule has 3 heterocycles. The van der Waals surface area contributed by atoms with Crippen LogP contribution in [-0.2, 0) is 18.9 Å². The molecule has 0 amide bonds. The molecule has 34 heavy (non-hydrogen) atoms. The Bertz CT molecular complexity index is 514. The number of rotatable bonds is 4. The first-order valence-electron chi connectivity index (χ1n) is 11.5. The summed E-state index contributed by atoms with van der Waals surface area (Å²) in [5.41, 5.74) is 0. The third-order valence-electron chi connectivity index (χ3n) is 6.16. The van der Waals surface area contributed by atoms with Crippen LogP contribution in [0.3, 0.4) is 0 Å². The number of methoxy groups -OCH3 is 1. The van der Waals surface area contributed by atoms with Crippen molar-refractivity contribution in [2.45, 2.75) is 83.5 Å². The van der Waals surface area contributed by atoms with Crippen LogP contribution in [0.25, 0.3) is 0 Å². The van der Waals surface area contributed by atoms with Gasteiger partial charge >= 0.3 is 0 Å². The van der Waals surface area contributed by atoms with Crippen LogP contribution in [0.5, 0.6) is 0 Å². The van der Waals surface area contributed by atoms with E-state index in [-0.39, 0.29) is 57.9 Å². The zero-order chi connectivity index (χ0) is 25.1. The van der Waals surface area contributed by atoms with Gasteiger partial charge in [-0.3, -0.25) is 0 Å². The smallest absolute Gasteiger partial charge is 0.133 e. The molecule has 3 rings (SSSR count). The second-order valence-corrected chi connectivity index (χ2v) is 9.15. The molecule has 0 aromatic heterocycles. The second-order valence-electron chi connectivity index (χ2n) is 9.15. The Morgan fingerprint density at radius 2 is 1.24 bits per heavy atom. The van der Waals surface area contributed by atoms with E-state index in [1.807, 2.05) is 13.8 Å². The van der Waals surface area contributed by atoms with Gasteiger partial charge < -0.3 is 49.6 Å². The van der Waals surface area contributed by atoms with Gasteiger partial charge in [0.1, 0.15) is 36.7 Å². The molecule has 3 aliphatic heterocycles. The summed E-state index contributed by atoms with van der Waals surface area (Å²) in [7, 11) is 1.56. The van der Waals surface area contributed by atoms with E-state index in [2.05, 4.69) is 0 Å². The molecule has 10 nitrogen and oxygen atoms in total. The molecule has 0 radical (unpaired) electrons. The third-order valence-corrected chi connectivity index (χ3v) is 6.16. The van der Waals surface area contributed by atoms with Crippen molar-refractivity contribution in [2.24, 2.45) is 17.8 Å². The predicted molar refractivity (Wildman–Crippen MR) is 123 cm³/mol. The Hall–Kier alpha value is -0.470. The van der Waals surface area contributed by atoms with Crippen LogP contribution in [0.15, 0.2) is 0 Å². The standard InChI is InChI=1S/C8H16O4.C7H13FO3.C7H14O3.CH4/c1-5-4-12-6(3-9)7(10)8(5)11-2;1-4-3-11-5(2-9)7(10)6(4)8;1-5-2-6(9)7(3-8)10-4-5;/h5-10H,3-4H2,1-2H3;4-7,9-10H,2-3H2,1H3;5-9H,2-4H2,1H3;1H4/t5-,6-,7-,8+;4-,5-,6+,7-;5-,6-,7+;/m110./s1. The molecule has 6 N–H and O–H groups in total. The highest BCUT2D eigenvalue weighted by Crippen LogP contribution is 2.23. The Balaban J connectivity index is 0.000000475. The molecule has 11 heteroatoms. The Labute approximate surface area is 202 Å². The monoisotopic (exact) mass is 502 g/mol. The van der Waals surface area contributed by atoms with Gasteiger partial charge in [-0.2, -0.15) is 0 Å². The molecule has 0 aliphatic carbocycles. The van der Waals surface area contributed by atoms with Crippen molar-refractivity contribution in [3.8, 4) is 0 Å². The summed E-state index contributed by atoms with van der Waals surface area (Å²) < 4.78 is 33.4. The summed E-state index contributed by atoms with van der Waals surface area (Å²) >= 11 is 0. The average Bonchev–Trinajstić information content (AvgIpc) is 2.79. The zero-order valence-corrected chi connectivity index (χ0v) is 20.0. The van der Waals surface area contributed by atoms with Crippen molar-refractivity contribution in [3.05, 3.63) is 0 Å². The predicted octanol–water partition coefficient (Wildman–Crippen LogP) is -0.497. The van der Waals surface area contributed by atoms with E-state index < -0.39 is 36.7 Å². The fraction of sp³-hybridized carbons (Fsp3) is 1.00. The molecular weight excluding hydrogens is 455 g/mol. The Kier molecular flexibility index (Phi) is 16.8. The van der Waals surface area contributed by atoms with Crippen LogP contribution in [0.1, 0.15) is 34.6 Å².